The molecule has 1 aromatic rings. The first-order valence-corrected chi connectivity index (χ1v) is 5.96. The molecular formula is C13H18F2N2O2. The molecule has 19 heavy (non-hydrogen) atoms. The molecular weight excluding hydrogens is 254 g/mol. The fourth-order valence-electron chi connectivity index (χ4n) is 1.64. The number of hydrogen-bond acceptors (Lipinski definition) is 3. The molecule has 0 radical (unpaired) electrons. The Labute approximate surface area is 111 Å². The molecule has 0 aliphatic rings. The smallest absolute Gasteiger partial charge is 0.261 e. The molecule has 4 nitrogen and oxygen atoms in total. The van der Waals surface area contributed by atoms with Crippen molar-refractivity contribution in [2.24, 2.45) is 5.73 Å². The Morgan fingerprint density at radius 3 is 2.74 bits per heavy atom. The number of amides is 1. The van der Waals surface area contributed by atoms with Gasteiger partial charge >= 0.3 is 0 Å². The van der Waals surface area contributed by atoms with Gasteiger partial charge in [0.15, 0.2) is 0 Å². The number of benzene rings is 1. The van der Waals surface area contributed by atoms with Gasteiger partial charge in [0.1, 0.15) is 6.61 Å². The Balaban J connectivity index is 2.52. The van der Waals surface area contributed by atoms with E-state index in [0.717, 1.165) is 11.3 Å². The second kappa shape index (κ2) is 7.81. The molecule has 0 unspecified atom stereocenters. The molecule has 1 rings (SSSR count). The van der Waals surface area contributed by atoms with E-state index in [1.807, 2.05) is 18.2 Å². The summed E-state index contributed by atoms with van der Waals surface area (Å²) in [5, 5.41) is 0. The lowest BCUT2D eigenvalue weighted by Gasteiger charge is -2.20. The minimum Gasteiger partial charge on any atom is -0.375 e. The van der Waals surface area contributed by atoms with E-state index in [-0.39, 0.29) is 18.9 Å². The number of halogens is 2. The molecule has 0 fully saturated rings. The average Bonchev–Trinajstić information content (AvgIpc) is 2.42. The fraction of sp³-hybridized carbons (Fsp3) is 0.462. The van der Waals surface area contributed by atoms with Gasteiger partial charge in [-0.2, -0.15) is 0 Å². The van der Waals surface area contributed by atoms with Crippen molar-refractivity contribution in [3.05, 3.63) is 29.8 Å². The lowest BCUT2D eigenvalue weighted by atomic mass is 10.1. The van der Waals surface area contributed by atoms with Gasteiger partial charge in [0.05, 0.1) is 13.0 Å². The zero-order valence-electron chi connectivity index (χ0n) is 10.8. The average molecular weight is 272 g/mol. The topological polar surface area (TPSA) is 55.6 Å². The monoisotopic (exact) mass is 272 g/mol. The summed E-state index contributed by atoms with van der Waals surface area (Å²) in [6, 6.07) is 7.29. The number of alkyl halides is 2. The number of ether oxygens (including phenoxy) is 1. The van der Waals surface area contributed by atoms with Gasteiger partial charge in [-0.15, -0.1) is 0 Å². The van der Waals surface area contributed by atoms with Gasteiger partial charge in [-0.1, -0.05) is 18.2 Å². The number of carbonyl (C=O) groups excluding carboxylic acids is 1. The molecule has 0 spiro atoms. The van der Waals surface area contributed by atoms with Crippen molar-refractivity contribution in [3.63, 3.8) is 0 Å². The van der Waals surface area contributed by atoms with Crippen LogP contribution in [0.5, 0.6) is 0 Å². The number of anilines is 1. The van der Waals surface area contributed by atoms with Crippen LogP contribution in [0.4, 0.5) is 14.5 Å². The first-order valence-electron chi connectivity index (χ1n) is 5.96. The summed E-state index contributed by atoms with van der Waals surface area (Å²) in [5.74, 6) is -0.199. The molecule has 0 aromatic heterocycles. The highest BCUT2D eigenvalue weighted by Crippen LogP contribution is 2.19. The number of rotatable bonds is 7. The third-order valence-electron chi connectivity index (χ3n) is 2.65. The van der Waals surface area contributed by atoms with Crippen LogP contribution in [-0.2, 0) is 16.1 Å². The zero-order valence-corrected chi connectivity index (χ0v) is 10.8. The molecule has 0 saturated carbocycles. The summed E-state index contributed by atoms with van der Waals surface area (Å²) < 4.78 is 28.4. The first kappa shape index (κ1) is 15.5. The Bertz CT molecular complexity index is 413. The summed E-state index contributed by atoms with van der Waals surface area (Å²) in [4.78, 5) is 13.3. The van der Waals surface area contributed by atoms with Crippen LogP contribution < -0.4 is 10.6 Å². The molecule has 1 amide bonds. The van der Waals surface area contributed by atoms with E-state index >= 15 is 0 Å². The summed E-state index contributed by atoms with van der Waals surface area (Å²) in [5.41, 5.74) is 7.18. The predicted octanol–water partition coefficient (Wildman–Crippen LogP) is 1.78. The second-order valence-corrected chi connectivity index (χ2v) is 4.00. The van der Waals surface area contributed by atoms with Gasteiger partial charge in [-0.05, 0) is 11.6 Å². The van der Waals surface area contributed by atoms with Gasteiger partial charge in [0, 0.05) is 19.3 Å². The molecule has 0 aliphatic heterocycles. The maximum atomic E-state index is 11.9. The SMILES string of the molecule is CN(C(=O)CCOCC(F)F)c1ccccc1CN. The standard InChI is InChI=1S/C13H18F2N2O2/c1-17(11-5-3-2-4-10(11)8-16)13(18)6-7-19-9-12(14)15/h2-5,12H,6-9,16H2,1H3. The predicted molar refractivity (Wildman–Crippen MR) is 69.2 cm³/mol. The van der Waals surface area contributed by atoms with Crippen LogP contribution in [0.15, 0.2) is 24.3 Å². The van der Waals surface area contributed by atoms with E-state index in [4.69, 9.17) is 5.73 Å². The molecule has 0 atom stereocenters. The molecule has 0 bridgehead atoms. The molecule has 6 heteroatoms. The molecule has 1 aromatic carbocycles. The molecule has 2 N–H and O–H groups in total. The number of hydrogen-bond donors (Lipinski definition) is 1. The van der Waals surface area contributed by atoms with E-state index in [9.17, 15) is 13.6 Å². The lowest BCUT2D eigenvalue weighted by molar-refractivity contribution is -0.119. The van der Waals surface area contributed by atoms with Crippen LogP contribution in [0.2, 0.25) is 0 Å². The Morgan fingerprint density at radius 1 is 1.42 bits per heavy atom. The quantitative estimate of drug-likeness (QED) is 0.770. The van der Waals surface area contributed by atoms with Gasteiger partial charge in [0.25, 0.3) is 6.43 Å². The summed E-state index contributed by atoms with van der Waals surface area (Å²) >= 11 is 0. The molecule has 0 heterocycles. The third kappa shape index (κ3) is 4.92. The summed E-state index contributed by atoms with van der Waals surface area (Å²) in [6.45, 7) is -0.329. The van der Waals surface area contributed by atoms with Crippen molar-refractivity contribution in [2.75, 3.05) is 25.2 Å². The van der Waals surface area contributed by atoms with Crippen LogP contribution in [-0.4, -0.2) is 32.6 Å². The van der Waals surface area contributed by atoms with Crippen molar-refractivity contribution in [3.8, 4) is 0 Å². The fourth-order valence-corrected chi connectivity index (χ4v) is 1.64. The van der Waals surface area contributed by atoms with Gasteiger partial charge in [-0.3, -0.25) is 4.79 Å². The normalized spacial score (nSPS) is 10.8. The van der Waals surface area contributed by atoms with Crippen molar-refractivity contribution >= 4 is 11.6 Å². The second-order valence-electron chi connectivity index (χ2n) is 4.00. The van der Waals surface area contributed by atoms with Crippen molar-refractivity contribution in [1.29, 1.82) is 0 Å². The van der Waals surface area contributed by atoms with Crippen molar-refractivity contribution in [2.45, 2.75) is 19.4 Å². The van der Waals surface area contributed by atoms with Crippen LogP contribution in [0, 0.1) is 0 Å². The first-order chi connectivity index (χ1) is 9.06. The highest BCUT2D eigenvalue weighted by Gasteiger charge is 2.13. The van der Waals surface area contributed by atoms with Crippen molar-refractivity contribution < 1.29 is 18.3 Å². The minimum atomic E-state index is -2.51. The van der Waals surface area contributed by atoms with Gasteiger partial charge < -0.3 is 15.4 Å². The Morgan fingerprint density at radius 2 is 2.11 bits per heavy atom. The van der Waals surface area contributed by atoms with E-state index < -0.39 is 13.0 Å². The Hall–Kier alpha value is -1.53. The van der Waals surface area contributed by atoms with E-state index in [0.29, 0.717) is 6.54 Å². The molecule has 106 valence electrons. The van der Waals surface area contributed by atoms with Crippen LogP contribution in [0.1, 0.15) is 12.0 Å². The number of nitrogens with zero attached hydrogens (tertiary/aromatic N) is 1. The summed E-state index contributed by atoms with van der Waals surface area (Å²) in [7, 11) is 1.63. The molecule has 0 aliphatic carbocycles. The number of carbonyl (C=O) groups is 1. The van der Waals surface area contributed by atoms with Crippen LogP contribution in [0.3, 0.4) is 0 Å². The highest BCUT2D eigenvalue weighted by atomic mass is 19.3. The van der Waals surface area contributed by atoms with E-state index in [1.165, 1.54) is 4.90 Å². The molecule has 0 saturated heterocycles. The van der Waals surface area contributed by atoms with Gasteiger partial charge in [-0.25, -0.2) is 8.78 Å². The van der Waals surface area contributed by atoms with E-state index in [1.54, 1.807) is 13.1 Å². The maximum Gasteiger partial charge on any atom is 0.261 e. The largest absolute Gasteiger partial charge is 0.375 e. The van der Waals surface area contributed by atoms with Crippen LogP contribution in [0.25, 0.3) is 0 Å². The van der Waals surface area contributed by atoms with Crippen molar-refractivity contribution in [1.82, 2.24) is 0 Å². The third-order valence-corrected chi connectivity index (χ3v) is 2.65. The maximum absolute atomic E-state index is 11.9. The van der Waals surface area contributed by atoms with E-state index in [2.05, 4.69) is 4.74 Å². The number of nitrogens with two attached hydrogens (primary N) is 1. The zero-order chi connectivity index (χ0) is 14.3. The summed E-state index contributed by atoms with van der Waals surface area (Å²) in [6.07, 6.45) is -2.45. The number of para-hydroxylation sites is 1. The van der Waals surface area contributed by atoms with Crippen LogP contribution >= 0.6 is 0 Å². The minimum absolute atomic E-state index is 0.0156. The lowest BCUT2D eigenvalue weighted by Crippen LogP contribution is -2.28. The Kier molecular flexibility index (Phi) is 6.38. The van der Waals surface area contributed by atoms with Gasteiger partial charge in [0.2, 0.25) is 5.91 Å². The highest BCUT2D eigenvalue weighted by molar-refractivity contribution is 5.93.